The Labute approximate surface area is 148 Å². The molecule has 0 radical (unpaired) electrons. The van der Waals surface area contributed by atoms with Gasteiger partial charge in [0.2, 0.25) is 0 Å². The van der Waals surface area contributed by atoms with Crippen molar-refractivity contribution in [1.29, 1.82) is 0 Å². The van der Waals surface area contributed by atoms with Crippen molar-refractivity contribution in [2.75, 3.05) is 19.6 Å². The lowest BCUT2D eigenvalue weighted by atomic mass is 10.0. The second-order valence-corrected chi connectivity index (χ2v) is 7.87. The van der Waals surface area contributed by atoms with Gasteiger partial charge >= 0.3 is 0 Å². The van der Waals surface area contributed by atoms with Crippen LogP contribution in [-0.2, 0) is 0 Å². The number of hydrogen-bond donors (Lipinski definition) is 0. The molecule has 2 heteroatoms. The van der Waals surface area contributed by atoms with Crippen LogP contribution < -0.4 is 0 Å². The molecule has 2 saturated heterocycles. The quantitative estimate of drug-likeness (QED) is 0.657. The molecule has 2 atom stereocenters. The van der Waals surface area contributed by atoms with Gasteiger partial charge in [-0.3, -0.25) is 4.90 Å². The molecule has 2 rings (SSSR count). The molecule has 0 saturated carbocycles. The maximum atomic E-state index is 2.64. The minimum Gasteiger partial charge on any atom is -0.300 e. The van der Waals surface area contributed by atoms with Gasteiger partial charge in [-0.2, -0.15) is 0 Å². The van der Waals surface area contributed by atoms with Crippen molar-refractivity contribution < 1.29 is 0 Å². The lowest BCUT2D eigenvalue weighted by Crippen LogP contribution is -2.38. The summed E-state index contributed by atoms with van der Waals surface area (Å²) in [6, 6.07) is 2.48. The van der Waals surface area contributed by atoms with Crippen LogP contribution in [0.15, 0.2) is 0 Å². The van der Waals surface area contributed by atoms with Crippen molar-refractivity contribution >= 4 is 0 Å². The van der Waals surface area contributed by atoms with Crippen molar-refractivity contribution in [2.24, 2.45) is 11.8 Å². The van der Waals surface area contributed by atoms with Crippen molar-refractivity contribution in [2.45, 2.75) is 106 Å². The van der Waals surface area contributed by atoms with E-state index < -0.39 is 0 Å². The lowest BCUT2D eigenvalue weighted by Gasteiger charge is -2.30. The maximum Gasteiger partial charge on any atom is 0.0121 e. The predicted octanol–water partition coefficient (Wildman–Crippen LogP) is 5.67. The third kappa shape index (κ3) is 7.56. The van der Waals surface area contributed by atoms with Gasteiger partial charge < -0.3 is 4.90 Å². The third-order valence-electron chi connectivity index (χ3n) is 5.36. The molecule has 0 aromatic heterocycles. The summed E-state index contributed by atoms with van der Waals surface area (Å²) >= 11 is 0. The monoisotopic (exact) mass is 326 g/mol. The Morgan fingerprint density at radius 2 is 1.26 bits per heavy atom. The van der Waals surface area contributed by atoms with Gasteiger partial charge in [0.15, 0.2) is 0 Å². The Morgan fingerprint density at radius 1 is 0.783 bits per heavy atom. The first-order chi connectivity index (χ1) is 10.9. The summed E-state index contributed by atoms with van der Waals surface area (Å²) < 4.78 is 0. The summed E-state index contributed by atoms with van der Waals surface area (Å²) in [6.45, 7) is 24.1. The van der Waals surface area contributed by atoms with Crippen molar-refractivity contribution in [3.8, 4) is 0 Å². The molecule has 2 aliphatic rings. The van der Waals surface area contributed by atoms with Gasteiger partial charge in [0.1, 0.15) is 0 Å². The largest absolute Gasteiger partial charge is 0.300 e. The van der Waals surface area contributed by atoms with Gasteiger partial charge in [0, 0.05) is 18.1 Å². The molecule has 0 aromatic rings. The zero-order valence-corrected chi connectivity index (χ0v) is 17.7. The predicted molar refractivity (Wildman–Crippen MR) is 106 cm³/mol. The Kier molecular flexibility index (Phi) is 12.3. The molecule has 2 aliphatic heterocycles. The molecule has 0 N–H and O–H groups in total. The minimum absolute atomic E-state index is 0.741. The Hall–Kier alpha value is -0.0800. The highest BCUT2D eigenvalue weighted by atomic mass is 15.2. The number of nitrogens with zero attached hydrogens (tertiary/aromatic N) is 2. The van der Waals surface area contributed by atoms with E-state index in [1.54, 1.807) is 0 Å². The smallest absolute Gasteiger partial charge is 0.0121 e. The third-order valence-corrected chi connectivity index (χ3v) is 5.36. The highest BCUT2D eigenvalue weighted by molar-refractivity contribution is 4.83. The Balaban J connectivity index is 0.000000381. The van der Waals surface area contributed by atoms with Crippen molar-refractivity contribution in [1.82, 2.24) is 9.80 Å². The van der Waals surface area contributed by atoms with Crippen molar-refractivity contribution in [3.63, 3.8) is 0 Å². The normalized spacial score (nSPS) is 25.6. The van der Waals surface area contributed by atoms with Gasteiger partial charge in [0.05, 0.1) is 0 Å². The van der Waals surface area contributed by atoms with Gasteiger partial charge in [-0.25, -0.2) is 0 Å². The number of likely N-dealkylation sites (tertiary alicyclic amines) is 2. The summed E-state index contributed by atoms with van der Waals surface area (Å²) in [7, 11) is 0. The van der Waals surface area contributed by atoms with Gasteiger partial charge in [0.25, 0.3) is 0 Å². The molecule has 2 unspecified atom stereocenters. The molecular formula is C21H46N2. The molecule has 0 bridgehead atoms. The van der Waals surface area contributed by atoms with Crippen LogP contribution in [0.2, 0.25) is 0 Å². The van der Waals surface area contributed by atoms with Crippen LogP contribution in [0, 0.1) is 11.8 Å². The van der Waals surface area contributed by atoms with E-state index in [9.17, 15) is 0 Å². The molecule has 2 fully saturated rings. The van der Waals surface area contributed by atoms with E-state index in [1.807, 2.05) is 13.8 Å². The van der Waals surface area contributed by atoms with Crippen LogP contribution in [0.25, 0.3) is 0 Å². The maximum absolute atomic E-state index is 2.64. The SMILES string of the molecule is CC.CC(C)C1CCCN1C(C)C.CCN1CCCC1C(C)C. The average molecular weight is 327 g/mol. The Morgan fingerprint density at radius 3 is 1.61 bits per heavy atom. The van der Waals surface area contributed by atoms with E-state index in [1.165, 1.54) is 45.3 Å². The van der Waals surface area contributed by atoms with Crippen LogP contribution in [-0.4, -0.2) is 47.6 Å². The summed E-state index contributed by atoms with van der Waals surface area (Å²) in [4.78, 5) is 5.25. The highest BCUT2D eigenvalue weighted by Crippen LogP contribution is 2.25. The highest BCUT2D eigenvalue weighted by Gasteiger charge is 2.28. The zero-order valence-electron chi connectivity index (χ0n) is 17.7. The first-order valence-electron chi connectivity index (χ1n) is 10.4. The molecule has 0 amide bonds. The van der Waals surface area contributed by atoms with Gasteiger partial charge in [-0.15, -0.1) is 0 Å². The summed E-state index contributed by atoms with van der Waals surface area (Å²) in [6.07, 6.45) is 5.65. The molecule has 0 aliphatic carbocycles. The fourth-order valence-corrected chi connectivity index (χ4v) is 4.17. The zero-order chi connectivity index (χ0) is 18.0. The van der Waals surface area contributed by atoms with Crippen LogP contribution in [0.4, 0.5) is 0 Å². The van der Waals surface area contributed by atoms with Gasteiger partial charge in [-0.1, -0.05) is 48.5 Å². The number of hydrogen-bond acceptors (Lipinski definition) is 2. The van der Waals surface area contributed by atoms with Crippen LogP contribution in [0.3, 0.4) is 0 Å². The first kappa shape index (κ1) is 22.9. The van der Waals surface area contributed by atoms with E-state index in [2.05, 4.69) is 58.3 Å². The molecule has 0 aromatic carbocycles. The van der Waals surface area contributed by atoms with Crippen LogP contribution >= 0.6 is 0 Å². The lowest BCUT2D eigenvalue weighted by molar-refractivity contribution is 0.166. The van der Waals surface area contributed by atoms with E-state index in [0.29, 0.717) is 0 Å². The van der Waals surface area contributed by atoms with Crippen LogP contribution in [0.5, 0.6) is 0 Å². The second-order valence-electron chi connectivity index (χ2n) is 7.87. The van der Waals surface area contributed by atoms with Gasteiger partial charge in [-0.05, 0) is 71.0 Å². The standard InChI is InChI=1S/C10H21N.C9H19N.C2H6/c1-8(2)10-6-5-7-11(10)9(3)4;1-4-10-7-5-6-9(10)8(2)3;1-2/h8-10H,5-7H2,1-4H3;8-9H,4-7H2,1-3H3;1-2H3. The molecule has 140 valence electrons. The summed E-state index contributed by atoms with van der Waals surface area (Å²) in [5, 5.41) is 0. The van der Waals surface area contributed by atoms with E-state index in [-0.39, 0.29) is 0 Å². The average Bonchev–Trinajstić information content (AvgIpc) is 3.18. The molecule has 23 heavy (non-hydrogen) atoms. The fraction of sp³-hybridized carbons (Fsp3) is 1.00. The molecule has 2 heterocycles. The second kappa shape index (κ2) is 12.3. The number of rotatable bonds is 4. The Bertz CT molecular complexity index is 259. The first-order valence-corrected chi connectivity index (χ1v) is 10.4. The van der Waals surface area contributed by atoms with Crippen molar-refractivity contribution in [3.05, 3.63) is 0 Å². The van der Waals surface area contributed by atoms with E-state index in [4.69, 9.17) is 0 Å². The fourth-order valence-electron chi connectivity index (χ4n) is 4.17. The summed E-state index contributed by atoms with van der Waals surface area (Å²) in [5.74, 6) is 1.68. The molecular weight excluding hydrogens is 280 g/mol. The van der Waals surface area contributed by atoms with E-state index in [0.717, 1.165) is 30.0 Å². The van der Waals surface area contributed by atoms with E-state index >= 15 is 0 Å². The van der Waals surface area contributed by atoms with Crippen LogP contribution in [0.1, 0.15) is 88.0 Å². The molecule has 2 nitrogen and oxygen atoms in total. The molecule has 0 spiro atoms. The summed E-state index contributed by atoms with van der Waals surface area (Å²) in [5.41, 5.74) is 0. The topological polar surface area (TPSA) is 6.48 Å². The minimum atomic E-state index is 0.741.